The topological polar surface area (TPSA) is 75.3 Å². The predicted octanol–water partition coefficient (Wildman–Crippen LogP) is 2.52. The first-order valence-electron chi connectivity index (χ1n) is 7.97. The van der Waals surface area contributed by atoms with E-state index in [1.165, 1.54) is 12.1 Å². The lowest BCUT2D eigenvalue weighted by atomic mass is 9.93. The zero-order chi connectivity index (χ0) is 16.6. The molecular formula is C17H22N2O3S. The highest BCUT2D eigenvalue weighted by molar-refractivity contribution is 7.89. The number of rotatable bonds is 5. The number of benzene rings is 1. The van der Waals surface area contributed by atoms with Crippen molar-refractivity contribution in [1.82, 2.24) is 4.72 Å². The number of carbonyl (C=O) groups excluding carboxylic acids is 1. The fourth-order valence-electron chi connectivity index (χ4n) is 3.41. The van der Waals surface area contributed by atoms with E-state index < -0.39 is 10.0 Å². The molecule has 6 heteroatoms. The van der Waals surface area contributed by atoms with Crippen LogP contribution < -0.4 is 10.0 Å². The van der Waals surface area contributed by atoms with Gasteiger partial charge in [0.25, 0.3) is 0 Å². The summed E-state index contributed by atoms with van der Waals surface area (Å²) in [6.45, 7) is 3.55. The molecule has 23 heavy (non-hydrogen) atoms. The highest BCUT2D eigenvalue weighted by Crippen LogP contribution is 2.43. The van der Waals surface area contributed by atoms with Crippen LogP contribution in [0.5, 0.6) is 0 Å². The highest BCUT2D eigenvalue weighted by atomic mass is 32.2. The van der Waals surface area contributed by atoms with Crippen LogP contribution in [-0.2, 0) is 14.8 Å². The molecule has 3 rings (SSSR count). The van der Waals surface area contributed by atoms with Crippen molar-refractivity contribution in [2.75, 3.05) is 5.32 Å². The Labute approximate surface area is 137 Å². The summed E-state index contributed by atoms with van der Waals surface area (Å²) in [5, 5.41) is 2.90. The third-order valence-corrected chi connectivity index (χ3v) is 6.11. The standard InChI is InChI=1S/C17H22N2O3S/c1-11(2)19-23(21,22)15-7-5-14(6-8-15)18-17(20)16-10-12-3-4-13(16)9-12/h3-8,11-13,16,19H,9-10H2,1-2H3,(H,18,20)/t12-,13-,16+/m0/s1. The van der Waals surface area contributed by atoms with Crippen molar-refractivity contribution in [3.8, 4) is 0 Å². The summed E-state index contributed by atoms with van der Waals surface area (Å²) >= 11 is 0. The van der Waals surface area contributed by atoms with E-state index in [1.54, 1.807) is 26.0 Å². The van der Waals surface area contributed by atoms with Gasteiger partial charge in [0.2, 0.25) is 15.9 Å². The van der Waals surface area contributed by atoms with Crippen molar-refractivity contribution in [2.24, 2.45) is 17.8 Å². The maximum absolute atomic E-state index is 12.4. The number of nitrogens with one attached hydrogen (secondary N) is 2. The second-order valence-corrected chi connectivity index (χ2v) is 8.39. The molecule has 2 aliphatic rings. The van der Waals surface area contributed by atoms with Crippen LogP contribution in [-0.4, -0.2) is 20.4 Å². The molecule has 0 saturated heterocycles. The quantitative estimate of drug-likeness (QED) is 0.813. The summed E-state index contributed by atoms with van der Waals surface area (Å²) in [4.78, 5) is 12.6. The van der Waals surface area contributed by atoms with Crippen LogP contribution in [0, 0.1) is 17.8 Å². The van der Waals surface area contributed by atoms with Crippen LogP contribution in [0.15, 0.2) is 41.3 Å². The Hall–Kier alpha value is -1.66. The normalized spacial score (nSPS) is 26.0. The second kappa shape index (κ2) is 6.09. The van der Waals surface area contributed by atoms with Crippen molar-refractivity contribution < 1.29 is 13.2 Å². The first-order chi connectivity index (χ1) is 10.8. The molecule has 0 heterocycles. The maximum atomic E-state index is 12.4. The molecule has 1 aromatic rings. The van der Waals surface area contributed by atoms with Gasteiger partial charge in [0, 0.05) is 17.6 Å². The Bertz CT molecular complexity index is 723. The molecule has 1 saturated carbocycles. The molecule has 1 fully saturated rings. The largest absolute Gasteiger partial charge is 0.326 e. The Morgan fingerprint density at radius 3 is 2.35 bits per heavy atom. The number of amides is 1. The van der Waals surface area contributed by atoms with Gasteiger partial charge >= 0.3 is 0 Å². The molecule has 0 aromatic heterocycles. The zero-order valence-electron chi connectivity index (χ0n) is 13.3. The van der Waals surface area contributed by atoms with Crippen molar-refractivity contribution in [2.45, 2.75) is 37.6 Å². The van der Waals surface area contributed by atoms with Crippen LogP contribution in [0.4, 0.5) is 5.69 Å². The minimum absolute atomic E-state index is 0.0257. The van der Waals surface area contributed by atoms with Crippen LogP contribution in [0.3, 0.4) is 0 Å². The fourth-order valence-corrected chi connectivity index (χ4v) is 4.66. The molecule has 124 valence electrons. The van der Waals surface area contributed by atoms with Crippen molar-refractivity contribution in [3.63, 3.8) is 0 Å². The van der Waals surface area contributed by atoms with Crippen LogP contribution in [0.2, 0.25) is 0 Å². The highest BCUT2D eigenvalue weighted by Gasteiger charge is 2.39. The van der Waals surface area contributed by atoms with Gasteiger partial charge in [-0.2, -0.15) is 0 Å². The Balaban J connectivity index is 1.66. The molecular weight excluding hydrogens is 312 g/mol. The van der Waals surface area contributed by atoms with Gasteiger partial charge in [-0.15, -0.1) is 0 Å². The summed E-state index contributed by atoms with van der Waals surface area (Å²) in [7, 11) is -3.50. The van der Waals surface area contributed by atoms with Gasteiger partial charge in [-0.3, -0.25) is 4.79 Å². The SMILES string of the molecule is CC(C)NS(=O)(=O)c1ccc(NC(=O)[C@@H]2C[C@H]3C=C[C@H]2C3)cc1. The molecule has 2 bridgehead atoms. The van der Waals surface area contributed by atoms with Gasteiger partial charge < -0.3 is 5.32 Å². The monoisotopic (exact) mass is 334 g/mol. The number of hydrogen-bond donors (Lipinski definition) is 2. The lowest BCUT2D eigenvalue weighted by Crippen LogP contribution is -2.30. The molecule has 3 atom stereocenters. The summed E-state index contributed by atoms with van der Waals surface area (Å²) in [6.07, 6.45) is 6.34. The third kappa shape index (κ3) is 3.48. The van der Waals surface area contributed by atoms with E-state index in [1.807, 2.05) is 0 Å². The smallest absolute Gasteiger partial charge is 0.240 e. The predicted molar refractivity (Wildman–Crippen MR) is 89.4 cm³/mol. The third-order valence-electron chi connectivity index (χ3n) is 4.44. The molecule has 0 unspecified atom stereocenters. The Kier molecular flexibility index (Phi) is 4.29. The van der Waals surface area contributed by atoms with E-state index in [0.717, 1.165) is 12.8 Å². The molecule has 1 aromatic carbocycles. The minimum Gasteiger partial charge on any atom is -0.326 e. The molecule has 1 amide bonds. The molecule has 0 radical (unpaired) electrons. The Morgan fingerprint density at radius 1 is 1.13 bits per heavy atom. The maximum Gasteiger partial charge on any atom is 0.240 e. The van der Waals surface area contributed by atoms with Gasteiger partial charge in [0.15, 0.2) is 0 Å². The first-order valence-corrected chi connectivity index (χ1v) is 9.45. The lowest BCUT2D eigenvalue weighted by molar-refractivity contribution is -0.120. The number of carbonyl (C=O) groups is 1. The van der Waals surface area contributed by atoms with Crippen molar-refractivity contribution in [1.29, 1.82) is 0 Å². The molecule has 2 aliphatic carbocycles. The van der Waals surface area contributed by atoms with Gasteiger partial charge in [-0.05, 0) is 62.8 Å². The Morgan fingerprint density at radius 2 is 1.83 bits per heavy atom. The first kappa shape index (κ1) is 16.2. The number of sulfonamides is 1. The van der Waals surface area contributed by atoms with Crippen LogP contribution in [0.25, 0.3) is 0 Å². The van der Waals surface area contributed by atoms with Gasteiger partial charge in [-0.25, -0.2) is 13.1 Å². The van der Waals surface area contributed by atoms with Gasteiger partial charge in [-0.1, -0.05) is 12.2 Å². The number of allylic oxidation sites excluding steroid dienone is 2. The average molecular weight is 334 g/mol. The summed E-state index contributed by atoms with van der Waals surface area (Å²) in [5.74, 6) is 0.967. The van der Waals surface area contributed by atoms with Crippen LogP contribution in [0.1, 0.15) is 26.7 Å². The lowest BCUT2D eigenvalue weighted by Gasteiger charge is -2.17. The van der Waals surface area contributed by atoms with Gasteiger partial charge in [0.05, 0.1) is 4.90 Å². The summed E-state index contributed by atoms with van der Waals surface area (Å²) in [5.41, 5.74) is 0.630. The van der Waals surface area contributed by atoms with E-state index in [2.05, 4.69) is 22.2 Å². The molecule has 5 nitrogen and oxygen atoms in total. The molecule has 2 N–H and O–H groups in total. The van der Waals surface area contributed by atoms with E-state index >= 15 is 0 Å². The van der Waals surface area contributed by atoms with Crippen LogP contribution >= 0.6 is 0 Å². The average Bonchev–Trinajstić information content (AvgIpc) is 3.09. The van der Waals surface area contributed by atoms with E-state index in [4.69, 9.17) is 0 Å². The van der Waals surface area contributed by atoms with E-state index in [9.17, 15) is 13.2 Å². The van der Waals surface area contributed by atoms with E-state index in [0.29, 0.717) is 17.5 Å². The molecule has 0 spiro atoms. The molecule has 0 aliphatic heterocycles. The minimum atomic E-state index is -3.50. The zero-order valence-corrected chi connectivity index (χ0v) is 14.1. The number of fused-ring (bicyclic) bond motifs is 2. The summed E-state index contributed by atoms with van der Waals surface area (Å²) < 4.78 is 26.7. The summed E-state index contributed by atoms with van der Waals surface area (Å²) in [6, 6.07) is 6.14. The van der Waals surface area contributed by atoms with E-state index in [-0.39, 0.29) is 22.8 Å². The fraction of sp³-hybridized carbons (Fsp3) is 0.471. The van der Waals surface area contributed by atoms with Gasteiger partial charge in [0.1, 0.15) is 0 Å². The van der Waals surface area contributed by atoms with Crippen molar-refractivity contribution >= 4 is 21.6 Å². The van der Waals surface area contributed by atoms with Crippen molar-refractivity contribution in [3.05, 3.63) is 36.4 Å². The second-order valence-electron chi connectivity index (χ2n) is 6.68. The number of hydrogen-bond acceptors (Lipinski definition) is 3. The number of anilines is 1.